The van der Waals surface area contributed by atoms with Crippen LogP contribution in [0.2, 0.25) is 10.3 Å². The summed E-state index contributed by atoms with van der Waals surface area (Å²) in [5.41, 5.74) is 0. The Hall–Kier alpha value is -1.88. The van der Waals surface area contributed by atoms with Crippen LogP contribution in [0.1, 0.15) is 33.6 Å². The van der Waals surface area contributed by atoms with Gasteiger partial charge in [0, 0.05) is 20.2 Å². The van der Waals surface area contributed by atoms with Gasteiger partial charge in [0.25, 0.3) is 5.91 Å². The molecule has 0 spiro atoms. The van der Waals surface area contributed by atoms with Crippen LogP contribution in [0.15, 0.2) is 6.20 Å². The van der Waals surface area contributed by atoms with Gasteiger partial charge in [-0.05, 0) is 13.3 Å². The van der Waals surface area contributed by atoms with Crippen molar-refractivity contribution < 1.29 is 19.1 Å². The van der Waals surface area contributed by atoms with Crippen LogP contribution in [0.4, 0.5) is 5.13 Å². The number of rotatable bonds is 6. The molecule has 152 valence electrons. The quantitative estimate of drug-likeness (QED) is 0.653. The number of hydrogen-bond acceptors (Lipinski definition) is 8. The monoisotopic (exact) mass is 447 g/mol. The van der Waals surface area contributed by atoms with E-state index in [0.717, 1.165) is 0 Å². The zero-order valence-electron chi connectivity index (χ0n) is 15.2. The van der Waals surface area contributed by atoms with Crippen molar-refractivity contribution in [3.05, 3.63) is 27.2 Å². The van der Waals surface area contributed by atoms with E-state index in [2.05, 4.69) is 20.3 Å². The summed E-state index contributed by atoms with van der Waals surface area (Å²) >= 11 is 12.9. The third-order valence-electron chi connectivity index (χ3n) is 4.25. The molecule has 0 aromatic carbocycles. The summed E-state index contributed by atoms with van der Waals surface area (Å²) in [6.45, 7) is 3.22. The first-order valence-electron chi connectivity index (χ1n) is 8.55. The van der Waals surface area contributed by atoms with Gasteiger partial charge in [-0.1, -0.05) is 34.5 Å². The normalized spacial score (nSPS) is 19.5. The highest BCUT2D eigenvalue weighted by Crippen LogP contribution is 2.27. The molecule has 28 heavy (non-hydrogen) atoms. The molecule has 0 saturated carbocycles. The standard InChI is InChI=1S/C16H19Cl2N5O4S/c1-3-27-15(25)10-6-19-16(28-10)23-5-4-8(9(7-23)26-2)20-14(24)13-21-11(17)12(18)22-13/h6,8-9H,3-5,7H2,1-2H3,(H,20,24)(H,21,22). The number of imidazole rings is 1. The molecule has 1 saturated heterocycles. The van der Waals surface area contributed by atoms with Gasteiger partial charge in [-0.2, -0.15) is 0 Å². The fourth-order valence-electron chi connectivity index (χ4n) is 2.88. The van der Waals surface area contributed by atoms with Gasteiger partial charge in [0.15, 0.2) is 16.1 Å². The van der Waals surface area contributed by atoms with E-state index in [9.17, 15) is 9.59 Å². The molecule has 12 heteroatoms. The van der Waals surface area contributed by atoms with E-state index < -0.39 is 5.91 Å². The Kier molecular flexibility index (Phi) is 6.76. The maximum absolute atomic E-state index is 12.4. The summed E-state index contributed by atoms with van der Waals surface area (Å²) in [6, 6.07) is -0.221. The molecule has 1 amide bonds. The predicted octanol–water partition coefficient (Wildman–Crippen LogP) is 2.37. The van der Waals surface area contributed by atoms with Gasteiger partial charge in [0.05, 0.1) is 24.9 Å². The molecule has 3 rings (SSSR count). The fourth-order valence-corrected chi connectivity index (χ4v) is 3.99. The molecule has 1 aliphatic rings. The van der Waals surface area contributed by atoms with E-state index in [1.165, 1.54) is 17.5 Å². The summed E-state index contributed by atoms with van der Waals surface area (Å²) in [6.07, 6.45) is 1.87. The van der Waals surface area contributed by atoms with Crippen LogP contribution in [-0.4, -0.2) is 65.8 Å². The Labute approximate surface area is 175 Å². The average molecular weight is 448 g/mol. The van der Waals surface area contributed by atoms with Gasteiger partial charge in [0.2, 0.25) is 0 Å². The fraction of sp³-hybridized carbons (Fsp3) is 0.500. The summed E-state index contributed by atoms with van der Waals surface area (Å²) in [7, 11) is 1.58. The lowest BCUT2D eigenvalue weighted by Crippen LogP contribution is -2.55. The second-order valence-corrected chi connectivity index (χ2v) is 7.75. The number of piperidine rings is 1. The zero-order valence-corrected chi connectivity index (χ0v) is 17.5. The van der Waals surface area contributed by atoms with E-state index in [4.69, 9.17) is 32.7 Å². The number of aromatic nitrogens is 3. The Morgan fingerprint density at radius 2 is 2.25 bits per heavy atom. The van der Waals surface area contributed by atoms with Crippen LogP contribution in [0.5, 0.6) is 0 Å². The van der Waals surface area contributed by atoms with Crippen LogP contribution < -0.4 is 10.2 Å². The third kappa shape index (κ3) is 4.57. The van der Waals surface area contributed by atoms with Gasteiger partial charge in [-0.25, -0.2) is 14.8 Å². The molecule has 9 nitrogen and oxygen atoms in total. The minimum Gasteiger partial charge on any atom is -0.462 e. The number of nitrogens with one attached hydrogen (secondary N) is 2. The number of aromatic amines is 1. The summed E-state index contributed by atoms with van der Waals surface area (Å²) < 4.78 is 10.6. The van der Waals surface area contributed by atoms with Crippen molar-refractivity contribution >= 4 is 51.5 Å². The Morgan fingerprint density at radius 3 is 2.89 bits per heavy atom. The summed E-state index contributed by atoms with van der Waals surface area (Å²) in [4.78, 5) is 37.5. The van der Waals surface area contributed by atoms with Crippen molar-refractivity contribution in [2.75, 3.05) is 31.7 Å². The number of anilines is 1. The number of ether oxygens (including phenoxy) is 2. The van der Waals surface area contributed by atoms with Gasteiger partial charge >= 0.3 is 5.97 Å². The first-order chi connectivity index (χ1) is 13.4. The molecule has 2 atom stereocenters. The topological polar surface area (TPSA) is 109 Å². The molecule has 0 aliphatic carbocycles. The van der Waals surface area contributed by atoms with E-state index in [1.54, 1.807) is 14.0 Å². The molecule has 1 fully saturated rings. The lowest BCUT2D eigenvalue weighted by molar-refractivity contribution is 0.0530. The van der Waals surface area contributed by atoms with Crippen LogP contribution in [0, 0.1) is 0 Å². The Bertz CT molecular complexity index is 838. The van der Waals surface area contributed by atoms with Crippen LogP contribution in [0.3, 0.4) is 0 Å². The van der Waals surface area contributed by atoms with Gasteiger partial charge in [0.1, 0.15) is 10.0 Å². The smallest absolute Gasteiger partial charge is 0.350 e. The lowest BCUT2D eigenvalue weighted by atomic mass is 10.0. The van der Waals surface area contributed by atoms with E-state index in [0.29, 0.717) is 36.1 Å². The molecule has 2 unspecified atom stereocenters. The molecular formula is C16H19Cl2N5O4S. The first kappa shape index (κ1) is 20.8. The van der Waals surface area contributed by atoms with Crippen molar-refractivity contribution in [1.82, 2.24) is 20.3 Å². The Morgan fingerprint density at radius 1 is 1.46 bits per heavy atom. The molecule has 2 aromatic rings. The maximum Gasteiger partial charge on any atom is 0.350 e. The number of amides is 1. The number of methoxy groups -OCH3 is 1. The molecule has 1 aliphatic heterocycles. The number of H-pyrrole nitrogens is 1. The highest BCUT2D eigenvalue weighted by molar-refractivity contribution is 7.17. The van der Waals surface area contributed by atoms with E-state index in [1.807, 2.05) is 4.90 Å². The first-order valence-corrected chi connectivity index (χ1v) is 10.1. The van der Waals surface area contributed by atoms with Crippen LogP contribution in [-0.2, 0) is 9.47 Å². The van der Waals surface area contributed by atoms with Crippen molar-refractivity contribution in [2.24, 2.45) is 0 Å². The number of esters is 1. The number of halogens is 2. The van der Waals surface area contributed by atoms with Crippen molar-refractivity contribution in [3.63, 3.8) is 0 Å². The number of hydrogen-bond donors (Lipinski definition) is 2. The second-order valence-electron chi connectivity index (χ2n) is 6.01. The minimum atomic E-state index is -0.409. The molecule has 2 aromatic heterocycles. The Balaban J connectivity index is 1.63. The average Bonchev–Trinajstić information content (AvgIpc) is 3.30. The number of thiazole rings is 1. The lowest BCUT2D eigenvalue weighted by Gasteiger charge is -2.37. The molecular weight excluding hydrogens is 429 g/mol. The SMILES string of the molecule is CCOC(=O)c1cnc(N2CCC(NC(=O)c3nc(Cl)c(Cl)[nH]3)C(OC)C2)s1. The minimum absolute atomic E-state index is 0.0473. The predicted molar refractivity (Wildman–Crippen MR) is 106 cm³/mol. The molecule has 2 N–H and O–H groups in total. The summed E-state index contributed by atoms with van der Waals surface area (Å²) in [5, 5.41) is 3.77. The number of nitrogens with zero attached hydrogens (tertiary/aromatic N) is 3. The van der Waals surface area contributed by atoms with Gasteiger partial charge in [-0.15, -0.1) is 0 Å². The van der Waals surface area contributed by atoms with Crippen molar-refractivity contribution in [1.29, 1.82) is 0 Å². The van der Waals surface area contributed by atoms with Crippen molar-refractivity contribution in [3.8, 4) is 0 Å². The molecule has 0 bridgehead atoms. The zero-order chi connectivity index (χ0) is 20.3. The van der Waals surface area contributed by atoms with E-state index >= 15 is 0 Å². The van der Waals surface area contributed by atoms with Gasteiger partial charge in [-0.3, -0.25) is 4.79 Å². The van der Waals surface area contributed by atoms with E-state index in [-0.39, 0.29) is 34.2 Å². The van der Waals surface area contributed by atoms with Crippen molar-refractivity contribution in [2.45, 2.75) is 25.5 Å². The number of carbonyl (C=O) groups is 2. The third-order valence-corrected chi connectivity index (χ3v) is 5.94. The highest BCUT2D eigenvalue weighted by atomic mass is 35.5. The van der Waals surface area contributed by atoms with Crippen LogP contribution in [0.25, 0.3) is 0 Å². The molecule has 3 heterocycles. The number of carbonyl (C=O) groups excluding carboxylic acids is 2. The second kappa shape index (κ2) is 9.08. The summed E-state index contributed by atoms with van der Waals surface area (Å²) in [5.74, 6) is -0.744. The maximum atomic E-state index is 12.4. The van der Waals surface area contributed by atoms with Crippen LogP contribution >= 0.6 is 34.5 Å². The largest absolute Gasteiger partial charge is 0.462 e. The highest BCUT2D eigenvalue weighted by Gasteiger charge is 2.32. The molecule has 0 radical (unpaired) electrons. The van der Waals surface area contributed by atoms with Gasteiger partial charge < -0.3 is 24.7 Å².